The van der Waals surface area contributed by atoms with Crippen LogP contribution >= 0.6 is 0 Å². The van der Waals surface area contributed by atoms with Crippen molar-refractivity contribution < 1.29 is 0 Å². The maximum Gasteiger partial charge on any atom is 0.00671 e. The van der Waals surface area contributed by atoms with Crippen molar-refractivity contribution in [3.05, 3.63) is 0 Å². The molecule has 0 spiro atoms. The molecular weight excluding hydrogens is 220 g/mol. The minimum absolute atomic E-state index is 0.448. The van der Waals surface area contributed by atoms with Crippen LogP contribution in [0.15, 0.2) is 0 Å². The molecule has 1 fully saturated rings. The summed E-state index contributed by atoms with van der Waals surface area (Å²) >= 11 is 0. The first-order valence-electron chi connectivity index (χ1n) is 8.06. The van der Waals surface area contributed by atoms with Gasteiger partial charge in [-0.25, -0.2) is 0 Å². The largest absolute Gasteiger partial charge is 0.316 e. The Morgan fingerprint density at radius 2 is 2.00 bits per heavy atom. The first-order chi connectivity index (χ1) is 8.61. The molecule has 2 nitrogen and oxygen atoms in total. The summed E-state index contributed by atoms with van der Waals surface area (Å²) in [4.78, 5) is 2.75. The SMILES string of the molecule is CCCC(C)(CNCC)CN1CCCCCC1C. The third-order valence-electron chi connectivity index (χ3n) is 4.43. The van der Waals surface area contributed by atoms with E-state index in [1.54, 1.807) is 0 Å². The predicted molar refractivity (Wildman–Crippen MR) is 81.1 cm³/mol. The van der Waals surface area contributed by atoms with Crippen LogP contribution in [-0.4, -0.2) is 37.1 Å². The minimum Gasteiger partial charge on any atom is -0.316 e. The Morgan fingerprint density at radius 1 is 1.22 bits per heavy atom. The van der Waals surface area contributed by atoms with Gasteiger partial charge in [0.15, 0.2) is 0 Å². The third kappa shape index (κ3) is 5.27. The molecule has 0 aromatic rings. The Bertz CT molecular complexity index is 217. The standard InChI is InChI=1S/C16H34N2/c1-5-11-16(4,13-17-6-2)14-18-12-9-7-8-10-15(18)3/h15,17H,5-14H2,1-4H3. The van der Waals surface area contributed by atoms with Gasteiger partial charge in [0.25, 0.3) is 0 Å². The topological polar surface area (TPSA) is 15.3 Å². The molecule has 0 aromatic carbocycles. The highest BCUT2D eigenvalue weighted by atomic mass is 15.2. The Kier molecular flexibility index (Phi) is 7.25. The van der Waals surface area contributed by atoms with E-state index in [-0.39, 0.29) is 0 Å². The van der Waals surface area contributed by atoms with Crippen LogP contribution in [0.1, 0.15) is 66.2 Å². The summed E-state index contributed by atoms with van der Waals surface area (Å²) in [5.74, 6) is 0. The number of nitrogens with one attached hydrogen (secondary N) is 1. The van der Waals surface area contributed by atoms with Crippen molar-refractivity contribution in [3.63, 3.8) is 0 Å². The zero-order valence-electron chi connectivity index (χ0n) is 13.1. The molecule has 1 aliphatic rings. The van der Waals surface area contributed by atoms with E-state index in [0.29, 0.717) is 5.41 Å². The fourth-order valence-electron chi connectivity index (χ4n) is 3.31. The summed E-state index contributed by atoms with van der Waals surface area (Å²) in [6.07, 6.45) is 8.28. The number of rotatable bonds is 7. The summed E-state index contributed by atoms with van der Waals surface area (Å²) in [5, 5.41) is 3.57. The molecule has 0 amide bonds. The third-order valence-corrected chi connectivity index (χ3v) is 4.43. The lowest BCUT2D eigenvalue weighted by Crippen LogP contribution is -2.45. The first kappa shape index (κ1) is 16.0. The van der Waals surface area contributed by atoms with E-state index in [4.69, 9.17) is 0 Å². The van der Waals surface area contributed by atoms with E-state index in [0.717, 1.165) is 12.6 Å². The summed E-state index contributed by atoms with van der Waals surface area (Å²) in [7, 11) is 0. The van der Waals surface area contributed by atoms with Gasteiger partial charge in [0.2, 0.25) is 0 Å². The molecule has 18 heavy (non-hydrogen) atoms. The monoisotopic (exact) mass is 254 g/mol. The molecular formula is C16H34N2. The zero-order chi connectivity index (χ0) is 13.4. The maximum atomic E-state index is 3.57. The Hall–Kier alpha value is -0.0800. The molecule has 0 saturated carbocycles. The Morgan fingerprint density at radius 3 is 2.67 bits per heavy atom. The van der Waals surface area contributed by atoms with Gasteiger partial charge in [-0.3, -0.25) is 0 Å². The number of likely N-dealkylation sites (tertiary alicyclic amines) is 1. The van der Waals surface area contributed by atoms with Crippen molar-refractivity contribution >= 4 is 0 Å². The molecule has 1 saturated heterocycles. The van der Waals surface area contributed by atoms with Gasteiger partial charge in [-0.1, -0.05) is 40.0 Å². The summed E-state index contributed by atoms with van der Waals surface area (Å²) < 4.78 is 0. The van der Waals surface area contributed by atoms with Gasteiger partial charge in [-0.2, -0.15) is 0 Å². The highest BCUT2D eigenvalue weighted by Crippen LogP contribution is 2.27. The predicted octanol–water partition coefficient (Wildman–Crippen LogP) is 3.67. The second-order valence-corrected chi connectivity index (χ2v) is 6.51. The van der Waals surface area contributed by atoms with Gasteiger partial charge < -0.3 is 10.2 Å². The van der Waals surface area contributed by atoms with Gasteiger partial charge in [-0.15, -0.1) is 0 Å². The molecule has 2 heteroatoms. The summed E-state index contributed by atoms with van der Waals surface area (Å²) in [6.45, 7) is 14.3. The lowest BCUT2D eigenvalue weighted by Gasteiger charge is -2.38. The molecule has 0 aromatic heterocycles. The van der Waals surface area contributed by atoms with Crippen LogP contribution in [0.4, 0.5) is 0 Å². The van der Waals surface area contributed by atoms with Gasteiger partial charge in [0.05, 0.1) is 0 Å². The van der Waals surface area contributed by atoms with Crippen molar-refractivity contribution in [1.82, 2.24) is 10.2 Å². The van der Waals surface area contributed by atoms with Crippen LogP contribution in [0.2, 0.25) is 0 Å². The minimum atomic E-state index is 0.448. The quantitative estimate of drug-likeness (QED) is 0.746. The first-order valence-corrected chi connectivity index (χ1v) is 8.06. The van der Waals surface area contributed by atoms with Crippen LogP contribution in [-0.2, 0) is 0 Å². The van der Waals surface area contributed by atoms with Crippen LogP contribution in [0.3, 0.4) is 0 Å². The average molecular weight is 254 g/mol. The smallest absolute Gasteiger partial charge is 0.00671 e. The van der Waals surface area contributed by atoms with E-state index in [2.05, 4.69) is 37.9 Å². The number of hydrogen-bond donors (Lipinski definition) is 1. The normalized spacial score (nSPS) is 25.7. The second-order valence-electron chi connectivity index (χ2n) is 6.51. The van der Waals surface area contributed by atoms with Gasteiger partial charge in [-0.05, 0) is 44.7 Å². The summed E-state index contributed by atoms with van der Waals surface area (Å²) in [5.41, 5.74) is 0.448. The van der Waals surface area contributed by atoms with Crippen molar-refractivity contribution in [1.29, 1.82) is 0 Å². The van der Waals surface area contributed by atoms with E-state index in [1.165, 1.54) is 58.2 Å². The van der Waals surface area contributed by atoms with Crippen molar-refractivity contribution in [2.45, 2.75) is 72.3 Å². The highest BCUT2D eigenvalue weighted by Gasteiger charge is 2.28. The van der Waals surface area contributed by atoms with Crippen molar-refractivity contribution in [3.8, 4) is 0 Å². The average Bonchev–Trinajstić information content (AvgIpc) is 2.53. The molecule has 2 unspecified atom stereocenters. The molecule has 2 atom stereocenters. The van der Waals surface area contributed by atoms with Gasteiger partial charge in [0, 0.05) is 19.1 Å². The van der Waals surface area contributed by atoms with Crippen molar-refractivity contribution in [2.75, 3.05) is 26.2 Å². The zero-order valence-corrected chi connectivity index (χ0v) is 13.1. The van der Waals surface area contributed by atoms with Crippen LogP contribution < -0.4 is 5.32 Å². The molecule has 0 radical (unpaired) electrons. The molecule has 1 aliphatic heterocycles. The van der Waals surface area contributed by atoms with Crippen LogP contribution in [0, 0.1) is 5.41 Å². The summed E-state index contributed by atoms with van der Waals surface area (Å²) in [6, 6.07) is 0.783. The van der Waals surface area contributed by atoms with E-state index >= 15 is 0 Å². The molecule has 1 rings (SSSR count). The Balaban J connectivity index is 2.56. The van der Waals surface area contributed by atoms with Crippen LogP contribution in [0.5, 0.6) is 0 Å². The molecule has 1 N–H and O–H groups in total. The van der Waals surface area contributed by atoms with Crippen molar-refractivity contribution in [2.24, 2.45) is 5.41 Å². The Labute approximate surface area is 115 Å². The van der Waals surface area contributed by atoms with Gasteiger partial charge in [0.1, 0.15) is 0 Å². The molecule has 0 bridgehead atoms. The van der Waals surface area contributed by atoms with E-state index in [1.807, 2.05) is 0 Å². The van der Waals surface area contributed by atoms with E-state index in [9.17, 15) is 0 Å². The maximum absolute atomic E-state index is 3.57. The number of hydrogen-bond acceptors (Lipinski definition) is 2. The second kappa shape index (κ2) is 8.16. The molecule has 108 valence electrons. The lowest BCUT2D eigenvalue weighted by molar-refractivity contribution is 0.119. The molecule has 0 aliphatic carbocycles. The fraction of sp³-hybridized carbons (Fsp3) is 1.00. The molecule has 1 heterocycles. The van der Waals surface area contributed by atoms with E-state index < -0.39 is 0 Å². The highest BCUT2D eigenvalue weighted by molar-refractivity contribution is 4.83. The lowest BCUT2D eigenvalue weighted by atomic mass is 9.84. The number of nitrogens with zero attached hydrogens (tertiary/aromatic N) is 1. The van der Waals surface area contributed by atoms with Gasteiger partial charge >= 0.3 is 0 Å². The van der Waals surface area contributed by atoms with Crippen LogP contribution in [0.25, 0.3) is 0 Å². The fourth-order valence-corrected chi connectivity index (χ4v) is 3.31.